The number of rotatable bonds is 9. The molecule has 0 rings (SSSR count). The average Bonchev–Trinajstić information content (AvgIpc) is 2.68. The highest BCUT2D eigenvalue weighted by molar-refractivity contribution is 4.56. The van der Waals surface area contributed by atoms with Crippen LogP contribution in [0.3, 0.4) is 0 Å². The van der Waals surface area contributed by atoms with E-state index in [4.69, 9.17) is 0 Å². The minimum atomic E-state index is 0. The molecule has 0 nitrogen and oxygen atoms in total. The third kappa shape index (κ3) is 88.6. The van der Waals surface area contributed by atoms with E-state index in [0.717, 1.165) is 11.8 Å². The van der Waals surface area contributed by atoms with E-state index in [2.05, 4.69) is 55.4 Å². The molecular formula is C27H68. The monoisotopic (exact) mass is 393 g/mol. The highest BCUT2D eigenvalue weighted by Crippen LogP contribution is 2.18. The molecule has 0 aliphatic heterocycles. The van der Waals surface area contributed by atoms with Crippen molar-refractivity contribution in [1.29, 1.82) is 0 Å². The normalized spacial score (nSPS) is 10.0. The van der Waals surface area contributed by atoms with E-state index in [1.807, 2.05) is 41.5 Å². The maximum absolute atomic E-state index is 2.40. The molecule has 0 aromatic rings. The van der Waals surface area contributed by atoms with E-state index < -0.39 is 0 Å². The van der Waals surface area contributed by atoms with Crippen molar-refractivity contribution in [1.82, 2.24) is 0 Å². The fourth-order valence-electron chi connectivity index (χ4n) is 2.09. The largest absolute Gasteiger partial charge is 0.0776 e. The number of unbranched alkanes of at least 4 members (excludes halogenated alkanes) is 1. The van der Waals surface area contributed by atoms with Gasteiger partial charge in [0.25, 0.3) is 0 Å². The maximum Gasteiger partial charge on any atom is -0.0443 e. The Labute approximate surface area is 180 Å². The van der Waals surface area contributed by atoms with Crippen LogP contribution >= 0.6 is 0 Å². The van der Waals surface area contributed by atoms with Crippen molar-refractivity contribution in [3.05, 3.63) is 0 Å². The fraction of sp³-hybridized carbons (Fsp3) is 1.00. The molecule has 176 valence electrons. The summed E-state index contributed by atoms with van der Waals surface area (Å²) >= 11 is 0. The molecule has 0 radical (unpaired) electrons. The summed E-state index contributed by atoms with van der Waals surface area (Å²) in [5, 5.41) is 0. The molecule has 0 heterocycles. The zero-order valence-electron chi connectivity index (χ0n) is 22.2. The van der Waals surface area contributed by atoms with Crippen molar-refractivity contribution < 1.29 is 0 Å². The van der Waals surface area contributed by atoms with Gasteiger partial charge in [-0.2, -0.15) is 0 Å². The summed E-state index contributed by atoms with van der Waals surface area (Å²) in [4.78, 5) is 0. The Morgan fingerprint density at radius 1 is 0.444 bits per heavy atom. The zero-order chi connectivity index (χ0) is 22.2. The minimum Gasteiger partial charge on any atom is -0.0776 e. The Kier molecular flexibility index (Phi) is 107. The van der Waals surface area contributed by atoms with Gasteiger partial charge in [0, 0.05) is 0 Å². The molecule has 0 amide bonds. The van der Waals surface area contributed by atoms with E-state index in [9.17, 15) is 0 Å². The highest BCUT2D eigenvalue weighted by Gasteiger charge is 2.03. The van der Waals surface area contributed by atoms with Gasteiger partial charge < -0.3 is 0 Å². The lowest BCUT2D eigenvalue weighted by Gasteiger charge is -2.12. The third-order valence-corrected chi connectivity index (χ3v) is 3.46. The van der Waals surface area contributed by atoms with Crippen molar-refractivity contribution in [3.63, 3.8) is 0 Å². The summed E-state index contributed by atoms with van der Waals surface area (Å²) in [5.74, 6) is 1.91. The Bertz CT molecular complexity index is 114. The molecule has 0 N–H and O–H groups in total. The molecule has 0 fully saturated rings. The van der Waals surface area contributed by atoms with E-state index in [-0.39, 0.29) is 7.43 Å². The average molecular weight is 393 g/mol. The highest BCUT2D eigenvalue weighted by atomic mass is 14.1. The summed E-state index contributed by atoms with van der Waals surface area (Å²) in [6, 6.07) is 0. The number of hydrogen-bond acceptors (Lipinski definition) is 0. The van der Waals surface area contributed by atoms with Gasteiger partial charge in [-0.3, -0.25) is 0 Å². The van der Waals surface area contributed by atoms with Gasteiger partial charge in [-0.25, -0.2) is 0 Å². The molecule has 0 saturated heterocycles. The number of hydrogen-bond donors (Lipinski definition) is 0. The van der Waals surface area contributed by atoms with Crippen LogP contribution in [-0.2, 0) is 0 Å². The Morgan fingerprint density at radius 2 is 0.667 bits per heavy atom. The molecule has 0 bridgehead atoms. The molecule has 0 aromatic heterocycles. The van der Waals surface area contributed by atoms with Crippen LogP contribution < -0.4 is 0 Å². The lowest BCUT2D eigenvalue weighted by molar-refractivity contribution is 0.407. The molecule has 0 aliphatic carbocycles. The van der Waals surface area contributed by atoms with Crippen LogP contribution in [0.5, 0.6) is 0 Å². The molecule has 2 atom stereocenters. The third-order valence-electron chi connectivity index (χ3n) is 3.46. The molecule has 0 aromatic carbocycles. The SMILES string of the molecule is C.CC.CC.CC.CCC.CCCC.CCCC(C)CCC[C@H](C)CCC. The van der Waals surface area contributed by atoms with Crippen LogP contribution in [0, 0.1) is 11.8 Å². The maximum atomic E-state index is 2.40. The van der Waals surface area contributed by atoms with Crippen LogP contribution in [0.15, 0.2) is 0 Å². The van der Waals surface area contributed by atoms with E-state index >= 15 is 0 Å². The van der Waals surface area contributed by atoms with E-state index in [1.54, 1.807) is 0 Å². The van der Waals surface area contributed by atoms with Gasteiger partial charge in [-0.05, 0) is 11.8 Å². The van der Waals surface area contributed by atoms with Crippen LogP contribution in [0.25, 0.3) is 0 Å². The first-order valence-electron chi connectivity index (χ1n) is 12.5. The molecular weight excluding hydrogens is 324 g/mol. The second-order valence-corrected chi connectivity index (χ2v) is 6.43. The summed E-state index contributed by atoms with van der Waals surface area (Å²) < 4.78 is 0. The van der Waals surface area contributed by atoms with Crippen molar-refractivity contribution in [2.45, 2.75) is 169 Å². The van der Waals surface area contributed by atoms with Gasteiger partial charge in [0.1, 0.15) is 0 Å². The van der Waals surface area contributed by atoms with E-state index in [1.165, 1.54) is 64.2 Å². The Balaban J connectivity index is -0.0000000476. The second kappa shape index (κ2) is 63.5. The fourth-order valence-corrected chi connectivity index (χ4v) is 2.09. The summed E-state index contributed by atoms with van der Waals surface area (Å²) in [7, 11) is 0. The zero-order valence-corrected chi connectivity index (χ0v) is 22.2. The molecule has 0 spiro atoms. The van der Waals surface area contributed by atoms with Gasteiger partial charge in [0.15, 0.2) is 0 Å². The van der Waals surface area contributed by atoms with Crippen LogP contribution in [0.1, 0.15) is 169 Å². The van der Waals surface area contributed by atoms with Crippen molar-refractivity contribution >= 4 is 0 Å². The van der Waals surface area contributed by atoms with Gasteiger partial charge in [0.05, 0.1) is 0 Å². The molecule has 1 unspecified atom stereocenters. The van der Waals surface area contributed by atoms with Gasteiger partial charge >= 0.3 is 0 Å². The summed E-state index contributed by atoms with van der Waals surface area (Å²) in [6.07, 6.45) is 13.8. The van der Waals surface area contributed by atoms with Gasteiger partial charge in [0.2, 0.25) is 0 Å². The van der Waals surface area contributed by atoms with Crippen LogP contribution in [0.2, 0.25) is 0 Å². The Morgan fingerprint density at radius 3 is 0.815 bits per heavy atom. The van der Waals surface area contributed by atoms with Crippen molar-refractivity contribution in [2.75, 3.05) is 0 Å². The summed E-state index contributed by atoms with van der Waals surface area (Å²) in [5.41, 5.74) is 0. The topological polar surface area (TPSA) is 0 Å². The Hall–Kier alpha value is 0. The first-order chi connectivity index (χ1) is 12.5. The predicted octanol–water partition coefficient (Wildman–Crippen LogP) is 12.0. The van der Waals surface area contributed by atoms with Gasteiger partial charge in [-0.15, -0.1) is 0 Å². The molecule has 0 aliphatic rings. The molecule has 0 heteroatoms. The van der Waals surface area contributed by atoms with Gasteiger partial charge in [-0.1, -0.05) is 169 Å². The minimum absolute atomic E-state index is 0. The van der Waals surface area contributed by atoms with Crippen LogP contribution in [-0.4, -0.2) is 0 Å². The predicted molar refractivity (Wildman–Crippen MR) is 139 cm³/mol. The van der Waals surface area contributed by atoms with Crippen molar-refractivity contribution in [3.8, 4) is 0 Å². The second-order valence-electron chi connectivity index (χ2n) is 6.43. The molecule has 27 heavy (non-hydrogen) atoms. The first kappa shape index (κ1) is 45.6. The van der Waals surface area contributed by atoms with E-state index in [0.29, 0.717) is 0 Å². The summed E-state index contributed by atoms with van der Waals surface area (Å²) in [6.45, 7) is 30.0. The molecule has 0 saturated carbocycles. The smallest absolute Gasteiger partial charge is 0.0443 e. The van der Waals surface area contributed by atoms with Crippen molar-refractivity contribution in [2.24, 2.45) is 11.8 Å². The quantitative estimate of drug-likeness (QED) is 0.366. The lowest BCUT2D eigenvalue weighted by atomic mass is 9.94. The lowest BCUT2D eigenvalue weighted by Crippen LogP contribution is -1.98. The standard InChI is InChI=1S/C13H28.C4H10.C3H8.3C2H6.CH4/c1-5-8-12(3)10-7-11-13(4)9-6-2;1-3-4-2;1-3-2;3*1-2;/h12-13H,5-11H2,1-4H3;3-4H2,1-2H3;3H2,1-2H3;3*1-2H3;1H4/t12-,13?;;;;;;/m1....../s1. The van der Waals surface area contributed by atoms with Crippen LogP contribution in [0.4, 0.5) is 0 Å². The first-order valence-corrected chi connectivity index (χ1v) is 12.5.